The second-order valence-electron chi connectivity index (χ2n) is 4.35. The summed E-state index contributed by atoms with van der Waals surface area (Å²) in [6.45, 7) is 0.807. The summed E-state index contributed by atoms with van der Waals surface area (Å²) < 4.78 is 27.1. The van der Waals surface area contributed by atoms with Gasteiger partial charge in [-0.1, -0.05) is 0 Å². The zero-order valence-corrected chi connectivity index (χ0v) is 9.99. The van der Waals surface area contributed by atoms with Crippen LogP contribution in [0, 0.1) is 11.6 Å². The lowest BCUT2D eigenvalue weighted by Crippen LogP contribution is -2.30. The zero-order chi connectivity index (χ0) is 13.3. The Bertz CT molecular complexity index is 479. The molecule has 0 spiro atoms. The van der Waals surface area contributed by atoms with E-state index in [-0.39, 0.29) is 12.2 Å². The summed E-state index contributed by atoms with van der Waals surface area (Å²) in [5, 5.41) is 8.84. The highest BCUT2D eigenvalue weighted by molar-refractivity contribution is 5.79. The highest BCUT2D eigenvalue weighted by Gasteiger charge is 2.24. The van der Waals surface area contributed by atoms with Gasteiger partial charge in [-0.25, -0.2) is 8.78 Å². The third kappa shape index (κ3) is 2.37. The minimum absolute atomic E-state index is 0.259. The fraction of sp³-hybridized carbons (Fsp3) is 0.417. The molecular formula is C12H14F2N2O2. The van der Waals surface area contributed by atoms with Crippen molar-refractivity contribution in [2.24, 2.45) is 0 Å². The van der Waals surface area contributed by atoms with Crippen LogP contribution in [0.4, 0.5) is 20.2 Å². The zero-order valence-electron chi connectivity index (χ0n) is 9.99. The molecule has 1 heterocycles. The van der Waals surface area contributed by atoms with Crippen molar-refractivity contribution in [3.05, 3.63) is 23.8 Å². The highest BCUT2D eigenvalue weighted by Crippen LogP contribution is 2.34. The smallest absolute Gasteiger partial charge is 0.323 e. The van der Waals surface area contributed by atoms with Gasteiger partial charge in [-0.2, -0.15) is 0 Å². The number of fused-ring (bicyclic) bond motifs is 1. The standard InChI is InChI=1S/C12H14F2N2O2/c1-15-3-2-4-16(7-11(17)18)10-6-8(13)5-9(14)12(10)15/h5-6H,2-4,7H2,1H3,(H,17,18). The summed E-state index contributed by atoms with van der Waals surface area (Å²) in [7, 11) is 1.71. The van der Waals surface area contributed by atoms with Gasteiger partial charge in [0.1, 0.15) is 12.4 Å². The number of anilines is 2. The third-order valence-corrected chi connectivity index (χ3v) is 2.98. The molecule has 18 heavy (non-hydrogen) atoms. The molecule has 1 aliphatic heterocycles. The largest absolute Gasteiger partial charge is 0.480 e. The average Bonchev–Trinajstić information content (AvgIpc) is 2.38. The minimum Gasteiger partial charge on any atom is -0.480 e. The van der Waals surface area contributed by atoms with Crippen LogP contribution >= 0.6 is 0 Å². The number of carboxylic acid groups (broad SMARTS) is 1. The lowest BCUT2D eigenvalue weighted by Gasteiger charge is -2.24. The van der Waals surface area contributed by atoms with Gasteiger partial charge >= 0.3 is 5.97 Å². The van der Waals surface area contributed by atoms with Crippen LogP contribution in [-0.2, 0) is 4.79 Å². The molecule has 0 atom stereocenters. The SMILES string of the molecule is CN1CCCN(CC(=O)O)c2cc(F)cc(F)c21. The monoisotopic (exact) mass is 256 g/mol. The second-order valence-corrected chi connectivity index (χ2v) is 4.35. The number of halogens is 2. The van der Waals surface area contributed by atoms with Gasteiger partial charge in [0.15, 0.2) is 5.82 Å². The van der Waals surface area contributed by atoms with Crippen molar-refractivity contribution >= 4 is 17.3 Å². The first-order chi connectivity index (χ1) is 8.49. The van der Waals surface area contributed by atoms with Crippen molar-refractivity contribution in [2.45, 2.75) is 6.42 Å². The van der Waals surface area contributed by atoms with E-state index in [1.165, 1.54) is 11.0 Å². The van der Waals surface area contributed by atoms with E-state index in [4.69, 9.17) is 5.11 Å². The molecule has 0 amide bonds. The van der Waals surface area contributed by atoms with Crippen LogP contribution in [0.1, 0.15) is 6.42 Å². The van der Waals surface area contributed by atoms with Crippen LogP contribution in [-0.4, -0.2) is 37.8 Å². The fourth-order valence-corrected chi connectivity index (χ4v) is 2.23. The number of carbonyl (C=O) groups is 1. The molecule has 0 saturated heterocycles. The molecular weight excluding hydrogens is 242 g/mol. The van der Waals surface area contributed by atoms with Gasteiger partial charge in [0.05, 0.1) is 11.4 Å². The average molecular weight is 256 g/mol. The van der Waals surface area contributed by atoms with Crippen molar-refractivity contribution < 1.29 is 18.7 Å². The Morgan fingerprint density at radius 2 is 2.11 bits per heavy atom. The predicted octanol–water partition coefficient (Wildman–Crippen LogP) is 1.70. The number of hydrogen-bond acceptors (Lipinski definition) is 3. The summed E-state index contributed by atoms with van der Waals surface area (Å²) in [6, 6.07) is 2.00. The second kappa shape index (κ2) is 4.80. The van der Waals surface area contributed by atoms with Crippen LogP contribution in [0.3, 0.4) is 0 Å². The molecule has 0 saturated carbocycles. The Morgan fingerprint density at radius 3 is 2.78 bits per heavy atom. The normalized spacial score (nSPS) is 15.3. The van der Waals surface area contributed by atoms with Crippen molar-refractivity contribution in [3.8, 4) is 0 Å². The Balaban J connectivity index is 2.50. The van der Waals surface area contributed by atoms with Crippen LogP contribution in [0.5, 0.6) is 0 Å². The molecule has 6 heteroatoms. The van der Waals surface area contributed by atoms with Crippen molar-refractivity contribution in [3.63, 3.8) is 0 Å². The third-order valence-electron chi connectivity index (χ3n) is 2.98. The number of benzene rings is 1. The first-order valence-corrected chi connectivity index (χ1v) is 5.66. The van der Waals surface area contributed by atoms with E-state index in [2.05, 4.69) is 0 Å². The molecule has 2 rings (SSSR count). The molecule has 0 aliphatic carbocycles. The molecule has 1 aromatic carbocycles. The Kier molecular flexibility index (Phi) is 3.36. The maximum atomic E-state index is 13.8. The molecule has 1 N–H and O–H groups in total. The van der Waals surface area contributed by atoms with Gasteiger partial charge in [0.2, 0.25) is 0 Å². The van der Waals surface area contributed by atoms with Gasteiger partial charge in [-0.3, -0.25) is 4.79 Å². The molecule has 0 fully saturated rings. The summed E-state index contributed by atoms with van der Waals surface area (Å²) >= 11 is 0. The fourth-order valence-electron chi connectivity index (χ4n) is 2.23. The van der Waals surface area contributed by atoms with Crippen molar-refractivity contribution in [1.29, 1.82) is 0 Å². The van der Waals surface area contributed by atoms with Crippen molar-refractivity contribution in [2.75, 3.05) is 36.5 Å². The number of hydrogen-bond donors (Lipinski definition) is 1. The number of rotatable bonds is 2. The number of aliphatic carboxylic acids is 1. The topological polar surface area (TPSA) is 43.8 Å². The molecule has 4 nitrogen and oxygen atoms in total. The van der Waals surface area contributed by atoms with Gasteiger partial charge < -0.3 is 14.9 Å². The maximum Gasteiger partial charge on any atom is 0.323 e. The molecule has 0 unspecified atom stereocenters. The van der Waals surface area contributed by atoms with E-state index in [0.717, 1.165) is 6.07 Å². The molecule has 0 aromatic heterocycles. The van der Waals surface area contributed by atoms with Crippen LogP contribution in [0.15, 0.2) is 12.1 Å². The van der Waals surface area contributed by atoms with E-state index in [0.29, 0.717) is 25.2 Å². The van der Waals surface area contributed by atoms with Gasteiger partial charge in [0, 0.05) is 26.2 Å². The Labute approximate surface area is 103 Å². The van der Waals surface area contributed by atoms with E-state index in [1.807, 2.05) is 0 Å². The summed E-state index contributed by atoms with van der Waals surface area (Å²) in [6.07, 6.45) is 0.694. The molecule has 1 aliphatic rings. The highest BCUT2D eigenvalue weighted by atomic mass is 19.1. The van der Waals surface area contributed by atoms with Crippen molar-refractivity contribution in [1.82, 2.24) is 0 Å². The van der Waals surface area contributed by atoms with Gasteiger partial charge in [-0.05, 0) is 12.5 Å². The molecule has 0 radical (unpaired) electrons. The summed E-state index contributed by atoms with van der Waals surface area (Å²) in [4.78, 5) is 14.0. The molecule has 98 valence electrons. The van der Waals surface area contributed by atoms with E-state index in [9.17, 15) is 13.6 Å². The minimum atomic E-state index is -1.02. The maximum absolute atomic E-state index is 13.8. The van der Waals surface area contributed by atoms with Crippen LogP contribution < -0.4 is 9.80 Å². The summed E-state index contributed by atoms with van der Waals surface area (Å²) in [5.74, 6) is -2.38. The molecule has 0 bridgehead atoms. The first-order valence-electron chi connectivity index (χ1n) is 5.66. The quantitative estimate of drug-likeness (QED) is 0.874. The Morgan fingerprint density at radius 1 is 1.39 bits per heavy atom. The number of nitrogens with zero attached hydrogens (tertiary/aromatic N) is 2. The van der Waals surface area contributed by atoms with E-state index < -0.39 is 17.6 Å². The lowest BCUT2D eigenvalue weighted by atomic mass is 10.2. The van der Waals surface area contributed by atoms with Crippen LogP contribution in [0.25, 0.3) is 0 Å². The van der Waals surface area contributed by atoms with Gasteiger partial charge in [-0.15, -0.1) is 0 Å². The van der Waals surface area contributed by atoms with Gasteiger partial charge in [0.25, 0.3) is 0 Å². The Hall–Kier alpha value is -1.85. The first kappa shape index (κ1) is 12.6. The number of carboxylic acids is 1. The van der Waals surface area contributed by atoms with E-state index in [1.54, 1.807) is 11.9 Å². The predicted molar refractivity (Wildman–Crippen MR) is 64.1 cm³/mol. The molecule has 1 aromatic rings. The van der Waals surface area contributed by atoms with E-state index >= 15 is 0 Å². The van der Waals surface area contributed by atoms with Crippen LogP contribution in [0.2, 0.25) is 0 Å². The lowest BCUT2D eigenvalue weighted by molar-refractivity contribution is -0.135. The summed E-state index contributed by atoms with van der Waals surface area (Å²) in [5.41, 5.74) is 0.560.